The van der Waals surface area contributed by atoms with E-state index in [4.69, 9.17) is 23.2 Å². The minimum Gasteiger partial charge on any atom is -0.335 e. The molecule has 2 aliphatic rings. The number of piperidine rings is 1. The molecule has 1 amide bonds. The molecule has 29 heavy (non-hydrogen) atoms. The summed E-state index contributed by atoms with van der Waals surface area (Å²) in [6.07, 6.45) is 6.90. The third-order valence-electron chi connectivity index (χ3n) is 6.25. The van der Waals surface area contributed by atoms with Crippen LogP contribution in [0.25, 0.3) is 0 Å². The molecular formula is C25H27Cl2NO. The van der Waals surface area contributed by atoms with Gasteiger partial charge in [-0.25, -0.2) is 0 Å². The minimum absolute atomic E-state index is 0.0128. The van der Waals surface area contributed by atoms with Gasteiger partial charge in [-0.05, 0) is 73.4 Å². The summed E-state index contributed by atoms with van der Waals surface area (Å²) in [5.74, 6) is 1.16. The molecule has 2 aromatic rings. The molecule has 0 unspecified atom stereocenters. The Morgan fingerprint density at radius 3 is 2.45 bits per heavy atom. The molecular weight excluding hydrogens is 401 g/mol. The van der Waals surface area contributed by atoms with E-state index in [1.807, 2.05) is 30.3 Å². The summed E-state index contributed by atoms with van der Waals surface area (Å²) in [7, 11) is 0. The molecule has 1 saturated carbocycles. The van der Waals surface area contributed by atoms with Gasteiger partial charge in [0, 0.05) is 28.4 Å². The maximum atomic E-state index is 13.5. The van der Waals surface area contributed by atoms with Crippen molar-refractivity contribution in [3.8, 4) is 0 Å². The lowest BCUT2D eigenvalue weighted by Crippen LogP contribution is -2.47. The molecule has 3 atom stereocenters. The summed E-state index contributed by atoms with van der Waals surface area (Å²) < 4.78 is 0. The van der Waals surface area contributed by atoms with Crippen LogP contribution < -0.4 is 0 Å². The van der Waals surface area contributed by atoms with E-state index in [1.54, 1.807) is 0 Å². The second-order valence-electron chi connectivity index (χ2n) is 8.39. The smallest absolute Gasteiger partial charge is 0.226 e. The Balaban J connectivity index is 1.76. The van der Waals surface area contributed by atoms with Crippen molar-refractivity contribution in [1.82, 2.24) is 4.90 Å². The van der Waals surface area contributed by atoms with E-state index in [0.717, 1.165) is 36.4 Å². The molecule has 0 bridgehead atoms. The molecule has 1 aliphatic carbocycles. The van der Waals surface area contributed by atoms with Gasteiger partial charge >= 0.3 is 0 Å². The molecule has 152 valence electrons. The highest BCUT2D eigenvalue weighted by Crippen LogP contribution is 2.48. The van der Waals surface area contributed by atoms with Crippen molar-refractivity contribution in [1.29, 1.82) is 0 Å². The predicted octanol–water partition coefficient (Wildman–Crippen LogP) is 7.04. The van der Waals surface area contributed by atoms with Crippen LogP contribution in [0.1, 0.15) is 55.2 Å². The van der Waals surface area contributed by atoms with E-state index in [0.29, 0.717) is 10.9 Å². The molecule has 1 aliphatic heterocycles. The number of rotatable bonds is 7. The standard InChI is InChI=1S/C25H27Cl2NO/c1-2-3-5-20-15-23(19-6-4-7-22(27)14-19)24(18-10-12-21(26)13-11-18)28(25(20)29)16-17-8-9-17/h2,4,6-7,10-14,17,20,23-24H,1,3,5,8-9,15-16H2/t20-,23+,24+/m0/s1. The lowest BCUT2D eigenvalue weighted by molar-refractivity contribution is -0.143. The molecule has 0 aromatic heterocycles. The van der Waals surface area contributed by atoms with Gasteiger partial charge in [-0.1, -0.05) is 53.5 Å². The Labute approximate surface area is 183 Å². The first kappa shape index (κ1) is 20.5. The Morgan fingerprint density at radius 1 is 1.03 bits per heavy atom. The highest BCUT2D eigenvalue weighted by Gasteiger charge is 2.44. The van der Waals surface area contributed by atoms with E-state index >= 15 is 0 Å². The van der Waals surface area contributed by atoms with Crippen LogP contribution in [0.5, 0.6) is 0 Å². The molecule has 2 nitrogen and oxygen atoms in total. The van der Waals surface area contributed by atoms with Crippen LogP contribution in [0, 0.1) is 11.8 Å². The van der Waals surface area contributed by atoms with E-state index < -0.39 is 0 Å². The van der Waals surface area contributed by atoms with Gasteiger partial charge in [-0.15, -0.1) is 6.58 Å². The zero-order valence-electron chi connectivity index (χ0n) is 16.6. The van der Waals surface area contributed by atoms with Crippen molar-refractivity contribution in [2.45, 2.75) is 44.1 Å². The van der Waals surface area contributed by atoms with E-state index in [-0.39, 0.29) is 23.8 Å². The van der Waals surface area contributed by atoms with Crippen molar-refractivity contribution < 1.29 is 4.79 Å². The van der Waals surface area contributed by atoms with Crippen molar-refractivity contribution >= 4 is 29.1 Å². The Morgan fingerprint density at radius 2 is 1.79 bits per heavy atom. The summed E-state index contributed by atoms with van der Waals surface area (Å²) in [6, 6.07) is 16.1. The van der Waals surface area contributed by atoms with E-state index in [1.165, 1.54) is 18.4 Å². The first-order valence-electron chi connectivity index (χ1n) is 10.5. The van der Waals surface area contributed by atoms with Crippen LogP contribution in [0.3, 0.4) is 0 Å². The number of hydrogen-bond acceptors (Lipinski definition) is 1. The van der Waals surface area contributed by atoms with Gasteiger partial charge < -0.3 is 4.90 Å². The van der Waals surface area contributed by atoms with Gasteiger partial charge in [-0.3, -0.25) is 4.79 Å². The number of benzene rings is 2. The first-order chi connectivity index (χ1) is 14.1. The third-order valence-corrected chi connectivity index (χ3v) is 6.73. The largest absolute Gasteiger partial charge is 0.335 e. The van der Waals surface area contributed by atoms with Crippen molar-refractivity contribution in [3.05, 3.63) is 82.4 Å². The van der Waals surface area contributed by atoms with Crippen LogP contribution in [0.4, 0.5) is 0 Å². The van der Waals surface area contributed by atoms with Crippen molar-refractivity contribution in [2.24, 2.45) is 11.8 Å². The molecule has 0 spiro atoms. The van der Waals surface area contributed by atoms with E-state index in [2.05, 4.69) is 35.7 Å². The fourth-order valence-electron chi connectivity index (χ4n) is 4.60. The van der Waals surface area contributed by atoms with E-state index in [9.17, 15) is 4.79 Å². The molecule has 1 heterocycles. The number of carbonyl (C=O) groups is 1. The number of halogens is 2. The lowest BCUT2D eigenvalue weighted by Gasteiger charge is -2.45. The SMILES string of the molecule is C=CCC[C@H]1C[C@H](c2cccc(Cl)c2)[C@@H](c2ccc(Cl)cc2)N(CC2CC2)C1=O. The quantitative estimate of drug-likeness (QED) is 0.433. The minimum atomic E-state index is 0.0128. The zero-order valence-corrected chi connectivity index (χ0v) is 18.1. The zero-order chi connectivity index (χ0) is 20.4. The highest BCUT2D eigenvalue weighted by molar-refractivity contribution is 6.30. The van der Waals surface area contributed by atoms with Gasteiger partial charge in [0.1, 0.15) is 0 Å². The normalized spacial score (nSPS) is 24.6. The summed E-state index contributed by atoms with van der Waals surface area (Å²) in [4.78, 5) is 15.7. The van der Waals surface area contributed by atoms with Crippen LogP contribution in [0.15, 0.2) is 61.2 Å². The van der Waals surface area contributed by atoms with Gasteiger partial charge in [-0.2, -0.15) is 0 Å². The first-order valence-corrected chi connectivity index (χ1v) is 11.2. The number of hydrogen-bond donors (Lipinski definition) is 0. The predicted molar refractivity (Wildman–Crippen MR) is 120 cm³/mol. The maximum Gasteiger partial charge on any atom is 0.226 e. The second-order valence-corrected chi connectivity index (χ2v) is 9.26. The van der Waals surface area contributed by atoms with Crippen LogP contribution in [-0.4, -0.2) is 17.4 Å². The van der Waals surface area contributed by atoms with Crippen LogP contribution in [0.2, 0.25) is 10.0 Å². The third kappa shape index (κ3) is 4.70. The van der Waals surface area contributed by atoms with Gasteiger partial charge in [0.2, 0.25) is 5.91 Å². The average molecular weight is 428 g/mol. The molecule has 0 radical (unpaired) electrons. The summed E-state index contributed by atoms with van der Waals surface area (Å²) in [5, 5.41) is 1.46. The Bertz CT molecular complexity index is 875. The molecule has 0 N–H and O–H groups in total. The van der Waals surface area contributed by atoms with Crippen LogP contribution >= 0.6 is 23.2 Å². The number of likely N-dealkylation sites (tertiary alicyclic amines) is 1. The summed E-state index contributed by atoms with van der Waals surface area (Å²) in [6.45, 7) is 4.69. The number of carbonyl (C=O) groups excluding carboxylic acids is 1. The number of amides is 1. The van der Waals surface area contributed by atoms with Crippen LogP contribution in [-0.2, 0) is 4.79 Å². The Hall–Kier alpha value is -1.77. The Kier molecular flexibility index (Phi) is 6.32. The van der Waals surface area contributed by atoms with Crippen molar-refractivity contribution in [3.63, 3.8) is 0 Å². The molecule has 2 fully saturated rings. The van der Waals surface area contributed by atoms with Gasteiger partial charge in [0.15, 0.2) is 0 Å². The van der Waals surface area contributed by atoms with Crippen molar-refractivity contribution in [2.75, 3.05) is 6.54 Å². The second kappa shape index (κ2) is 8.93. The topological polar surface area (TPSA) is 20.3 Å². The fraction of sp³-hybridized carbons (Fsp3) is 0.400. The fourth-order valence-corrected chi connectivity index (χ4v) is 4.92. The van der Waals surface area contributed by atoms with Gasteiger partial charge in [0.25, 0.3) is 0 Å². The monoisotopic (exact) mass is 427 g/mol. The highest BCUT2D eigenvalue weighted by atomic mass is 35.5. The molecule has 4 heteroatoms. The summed E-state index contributed by atoms with van der Waals surface area (Å²) in [5.41, 5.74) is 2.35. The average Bonchev–Trinajstić information content (AvgIpc) is 3.53. The summed E-state index contributed by atoms with van der Waals surface area (Å²) >= 11 is 12.5. The molecule has 4 rings (SSSR count). The number of nitrogens with zero attached hydrogens (tertiary/aromatic N) is 1. The lowest BCUT2D eigenvalue weighted by atomic mass is 9.74. The molecule has 2 aromatic carbocycles. The maximum absolute atomic E-state index is 13.5. The molecule has 1 saturated heterocycles. The number of allylic oxidation sites excluding steroid dienone is 1. The van der Waals surface area contributed by atoms with Gasteiger partial charge in [0.05, 0.1) is 6.04 Å².